The van der Waals surface area contributed by atoms with Gasteiger partial charge in [0.15, 0.2) is 0 Å². The van der Waals surface area contributed by atoms with Gasteiger partial charge < -0.3 is 10.2 Å². The molecule has 3 rings (SSSR count). The van der Waals surface area contributed by atoms with Gasteiger partial charge in [-0.05, 0) is 57.0 Å². The van der Waals surface area contributed by atoms with Crippen LogP contribution in [0.4, 0.5) is 0 Å². The van der Waals surface area contributed by atoms with Gasteiger partial charge in [-0.3, -0.25) is 0 Å². The summed E-state index contributed by atoms with van der Waals surface area (Å²) in [4.78, 5) is 2.47. The highest BCUT2D eigenvalue weighted by atomic mass is 79.9. The lowest BCUT2D eigenvalue weighted by Gasteiger charge is -2.44. The number of benzene rings is 1. The van der Waals surface area contributed by atoms with Crippen molar-refractivity contribution in [2.75, 3.05) is 20.6 Å². The quantitative estimate of drug-likeness (QED) is 0.871. The third kappa shape index (κ3) is 3.06. The Balaban J connectivity index is 1.70. The summed E-state index contributed by atoms with van der Waals surface area (Å²) in [5.74, 6) is 0. The minimum atomic E-state index is 0.368. The lowest BCUT2D eigenvalue weighted by atomic mass is 9.80. The minimum absolute atomic E-state index is 0.368. The number of nitrogens with zero attached hydrogens (tertiary/aromatic N) is 1. The van der Waals surface area contributed by atoms with Crippen LogP contribution >= 0.6 is 15.9 Å². The van der Waals surface area contributed by atoms with Crippen LogP contribution in [0.5, 0.6) is 0 Å². The van der Waals surface area contributed by atoms with Crippen molar-refractivity contribution in [3.63, 3.8) is 0 Å². The Bertz CT molecular complexity index is 492. The fourth-order valence-electron chi connectivity index (χ4n) is 4.13. The van der Waals surface area contributed by atoms with Gasteiger partial charge >= 0.3 is 0 Å². The highest BCUT2D eigenvalue weighted by Crippen LogP contribution is 2.37. The molecule has 1 aromatic rings. The van der Waals surface area contributed by atoms with Crippen LogP contribution in [0, 0.1) is 0 Å². The smallest absolute Gasteiger partial charge is 0.0328 e. The van der Waals surface area contributed by atoms with E-state index in [0.29, 0.717) is 11.6 Å². The van der Waals surface area contributed by atoms with Crippen LogP contribution in [0.1, 0.15) is 55.7 Å². The number of hydrogen-bond donors (Lipinski definition) is 1. The van der Waals surface area contributed by atoms with E-state index < -0.39 is 0 Å². The van der Waals surface area contributed by atoms with Crippen molar-refractivity contribution in [1.29, 1.82) is 0 Å². The number of fused-ring (bicyclic) bond motifs is 1. The summed E-state index contributed by atoms with van der Waals surface area (Å²) in [5, 5.41) is 3.89. The Hall–Kier alpha value is -0.380. The second-order valence-electron chi connectivity index (χ2n) is 6.96. The zero-order valence-electron chi connectivity index (χ0n) is 13.3. The summed E-state index contributed by atoms with van der Waals surface area (Å²) < 4.78 is 1.28. The first-order valence-corrected chi connectivity index (χ1v) is 9.10. The highest BCUT2D eigenvalue weighted by Gasteiger charge is 2.35. The van der Waals surface area contributed by atoms with Crippen LogP contribution < -0.4 is 5.32 Å². The van der Waals surface area contributed by atoms with E-state index in [4.69, 9.17) is 0 Å². The van der Waals surface area contributed by atoms with Crippen LogP contribution in [0.2, 0.25) is 0 Å². The molecule has 116 valence electrons. The van der Waals surface area contributed by atoms with E-state index in [-0.39, 0.29) is 0 Å². The largest absolute Gasteiger partial charge is 0.308 e. The molecule has 3 heteroatoms. The fraction of sp³-hybridized carbons (Fsp3) is 0.667. The van der Waals surface area contributed by atoms with Crippen LogP contribution in [0.25, 0.3) is 0 Å². The first kappa shape index (κ1) is 15.5. The molecule has 0 bridgehead atoms. The molecule has 2 aliphatic rings. The van der Waals surface area contributed by atoms with Crippen molar-refractivity contribution in [2.24, 2.45) is 0 Å². The van der Waals surface area contributed by atoms with Crippen LogP contribution in [-0.2, 0) is 6.42 Å². The van der Waals surface area contributed by atoms with Crippen molar-refractivity contribution in [3.05, 3.63) is 33.8 Å². The second-order valence-corrected chi connectivity index (χ2v) is 7.81. The maximum absolute atomic E-state index is 3.89. The van der Waals surface area contributed by atoms with E-state index in [9.17, 15) is 0 Å². The van der Waals surface area contributed by atoms with E-state index in [0.717, 1.165) is 6.54 Å². The topological polar surface area (TPSA) is 15.3 Å². The summed E-state index contributed by atoms with van der Waals surface area (Å²) >= 11 is 3.70. The van der Waals surface area contributed by atoms with Gasteiger partial charge in [0.25, 0.3) is 0 Å². The first-order valence-electron chi connectivity index (χ1n) is 8.30. The molecule has 0 heterocycles. The predicted molar refractivity (Wildman–Crippen MR) is 92.7 cm³/mol. The molecule has 1 atom stereocenters. The Kier molecular flexibility index (Phi) is 4.72. The number of halogens is 1. The second kappa shape index (κ2) is 6.39. The van der Waals surface area contributed by atoms with E-state index in [1.54, 1.807) is 0 Å². The summed E-state index contributed by atoms with van der Waals surface area (Å²) in [5.41, 5.74) is 3.39. The maximum Gasteiger partial charge on any atom is 0.0328 e. The molecule has 0 spiro atoms. The van der Waals surface area contributed by atoms with Gasteiger partial charge in [-0.25, -0.2) is 0 Å². The summed E-state index contributed by atoms with van der Waals surface area (Å²) in [6.45, 7) is 1.12. The summed E-state index contributed by atoms with van der Waals surface area (Å²) in [6, 6.07) is 7.18. The Morgan fingerprint density at radius 1 is 1.24 bits per heavy atom. The van der Waals surface area contributed by atoms with Gasteiger partial charge in [-0.15, -0.1) is 0 Å². The van der Waals surface area contributed by atoms with E-state index in [1.165, 1.54) is 60.5 Å². The van der Waals surface area contributed by atoms with Crippen LogP contribution in [-0.4, -0.2) is 31.1 Å². The monoisotopic (exact) mass is 350 g/mol. The molecular weight excluding hydrogens is 324 g/mol. The molecule has 21 heavy (non-hydrogen) atoms. The average Bonchev–Trinajstić information content (AvgIpc) is 2.91. The van der Waals surface area contributed by atoms with E-state index in [1.807, 2.05) is 0 Å². The van der Waals surface area contributed by atoms with Crippen molar-refractivity contribution in [2.45, 2.75) is 56.5 Å². The molecule has 0 saturated heterocycles. The van der Waals surface area contributed by atoms with Crippen LogP contribution in [0.15, 0.2) is 22.7 Å². The maximum atomic E-state index is 3.89. The number of rotatable bonds is 4. The molecule has 2 aliphatic carbocycles. The van der Waals surface area contributed by atoms with Gasteiger partial charge in [0.2, 0.25) is 0 Å². The molecule has 1 fully saturated rings. The molecule has 1 unspecified atom stereocenters. The standard InChI is InChI=1S/C18H27BrN2/c1-21(2)18(11-4-3-5-12-18)13-20-17-10-9-14-15(17)7-6-8-16(14)19/h6-8,17,20H,3-5,9-13H2,1-2H3. The number of hydrogen-bond acceptors (Lipinski definition) is 2. The van der Waals surface area contributed by atoms with Crippen LogP contribution in [0.3, 0.4) is 0 Å². The molecule has 1 N–H and O–H groups in total. The molecule has 0 amide bonds. The van der Waals surface area contributed by atoms with Crippen molar-refractivity contribution in [1.82, 2.24) is 10.2 Å². The zero-order chi connectivity index (χ0) is 14.9. The SMILES string of the molecule is CN(C)C1(CNC2CCc3c(Br)cccc32)CCCCC1. The Labute approximate surface area is 137 Å². The van der Waals surface area contributed by atoms with Gasteiger partial charge in [-0.2, -0.15) is 0 Å². The third-order valence-corrected chi connectivity index (χ3v) is 6.37. The third-order valence-electron chi connectivity index (χ3n) is 5.62. The summed E-state index contributed by atoms with van der Waals surface area (Å²) in [6.07, 6.45) is 9.29. The normalized spacial score (nSPS) is 24.3. The minimum Gasteiger partial charge on any atom is -0.308 e. The molecular formula is C18H27BrN2. The van der Waals surface area contributed by atoms with Crippen molar-refractivity contribution >= 4 is 15.9 Å². The number of likely N-dealkylation sites (N-methyl/N-ethyl adjacent to an activating group) is 1. The van der Waals surface area contributed by atoms with Gasteiger partial charge in [0.1, 0.15) is 0 Å². The van der Waals surface area contributed by atoms with Gasteiger partial charge in [0, 0.05) is 22.6 Å². The highest BCUT2D eigenvalue weighted by molar-refractivity contribution is 9.10. The molecule has 0 radical (unpaired) electrons. The lowest BCUT2D eigenvalue weighted by Crippen LogP contribution is -2.53. The van der Waals surface area contributed by atoms with Crippen molar-refractivity contribution < 1.29 is 0 Å². The fourth-order valence-corrected chi connectivity index (χ4v) is 4.71. The van der Waals surface area contributed by atoms with Crippen molar-refractivity contribution in [3.8, 4) is 0 Å². The molecule has 0 aromatic heterocycles. The molecule has 1 saturated carbocycles. The Morgan fingerprint density at radius 3 is 2.71 bits per heavy atom. The molecule has 1 aromatic carbocycles. The lowest BCUT2D eigenvalue weighted by molar-refractivity contribution is 0.0951. The Morgan fingerprint density at radius 2 is 2.00 bits per heavy atom. The molecule has 0 aliphatic heterocycles. The van der Waals surface area contributed by atoms with E-state index in [2.05, 4.69) is 58.4 Å². The zero-order valence-corrected chi connectivity index (χ0v) is 14.9. The van der Waals surface area contributed by atoms with Gasteiger partial charge in [-0.1, -0.05) is 47.3 Å². The van der Waals surface area contributed by atoms with Gasteiger partial charge in [0.05, 0.1) is 0 Å². The summed E-state index contributed by atoms with van der Waals surface area (Å²) in [7, 11) is 4.51. The molecule has 2 nitrogen and oxygen atoms in total. The first-order chi connectivity index (χ1) is 10.1. The predicted octanol–water partition coefficient (Wildman–Crippen LogP) is 4.29. The van der Waals surface area contributed by atoms with E-state index >= 15 is 0 Å². The average molecular weight is 351 g/mol. The number of nitrogens with one attached hydrogen (secondary N) is 1.